The van der Waals surface area contributed by atoms with Crippen molar-refractivity contribution in [2.45, 2.75) is 65.1 Å². The average molecular weight is 428 g/mol. The zero-order valence-corrected chi connectivity index (χ0v) is 19.6. The molecule has 1 aliphatic rings. The number of ether oxygens (including phenoxy) is 3. The van der Waals surface area contributed by atoms with Gasteiger partial charge in [-0.2, -0.15) is 0 Å². The van der Waals surface area contributed by atoms with E-state index in [4.69, 9.17) is 23.5 Å². The second-order valence-electron chi connectivity index (χ2n) is 8.81. The second kappa shape index (κ2) is 9.19. The van der Waals surface area contributed by atoms with E-state index in [9.17, 15) is 4.79 Å². The number of carbonyl (C=O) groups is 1. The highest BCUT2D eigenvalue weighted by Crippen LogP contribution is 2.38. The van der Waals surface area contributed by atoms with E-state index in [-0.39, 0.29) is 18.7 Å². The second-order valence-corrected chi connectivity index (χ2v) is 8.81. The Morgan fingerprint density at radius 2 is 1.77 bits per heavy atom. The van der Waals surface area contributed by atoms with Crippen molar-refractivity contribution in [2.75, 3.05) is 20.5 Å². The van der Waals surface area contributed by atoms with Crippen molar-refractivity contribution in [1.29, 1.82) is 0 Å². The largest absolute Gasteiger partial charge is 0.495 e. The SMILES string of the molecule is CCOC(=O)C(CC)c1cccc2cc(OCOC)cc(B3OC(C)(C)C(C)(C)O3)c12. The van der Waals surface area contributed by atoms with Crippen LogP contribution in [0.4, 0.5) is 0 Å². The first kappa shape index (κ1) is 23.6. The lowest BCUT2D eigenvalue weighted by Crippen LogP contribution is -2.41. The van der Waals surface area contributed by atoms with E-state index < -0.39 is 18.3 Å². The summed E-state index contributed by atoms with van der Waals surface area (Å²) in [4.78, 5) is 12.7. The molecular weight excluding hydrogens is 395 g/mol. The van der Waals surface area contributed by atoms with Crippen molar-refractivity contribution in [3.8, 4) is 5.75 Å². The Morgan fingerprint density at radius 3 is 2.35 bits per heavy atom. The Labute approximate surface area is 185 Å². The molecule has 1 saturated heterocycles. The van der Waals surface area contributed by atoms with Gasteiger partial charge in [-0.05, 0) is 75.0 Å². The number of methoxy groups -OCH3 is 1. The van der Waals surface area contributed by atoms with E-state index in [0.717, 1.165) is 21.8 Å². The van der Waals surface area contributed by atoms with Gasteiger partial charge in [0.1, 0.15) is 5.75 Å². The minimum atomic E-state index is -0.598. The van der Waals surface area contributed by atoms with E-state index in [1.165, 1.54) is 0 Å². The van der Waals surface area contributed by atoms with Crippen LogP contribution in [0.2, 0.25) is 0 Å². The Balaban J connectivity index is 2.21. The molecule has 168 valence electrons. The summed E-state index contributed by atoms with van der Waals surface area (Å²) in [5.41, 5.74) is 0.753. The molecule has 2 aromatic carbocycles. The fourth-order valence-corrected chi connectivity index (χ4v) is 3.88. The summed E-state index contributed by atoms with van der Waals surface area (Å²) in [6.07, 6.45) is 0.628. The van der Waals surface area contributed by atoms with Crippen LogP contribution in [-0.4, -0.2) is 44.8 Å². The van der Waals surface area contributed by atoms with Crippen molar-refractivity contribution in [3.63, 3.8) is 0 Å². The maximum absolute atomic E-state index is 12.7. The molecule has 1 heterocycles. The van der Waals surface area contributed by atoms with Crippen LogP contribution in [0.15, 0.2) is 30.3 Å². The van der Waals surface area contributed by atoms with Gasteiger partial charge in [-0.25, -0.2) is 0 Å². The summed E-state index contributed by atoms with van der Waals surface area (Å²) in [5.74, 6) is 0.0491. The molecule has 1 aliphatic heterocycles. The fraction of sp³-hybridized carbons (Fsp3) is 0.542. The Kier molecular flexibility index (Phi) is 6.99. The Morgan fingerprint density at radius 1 is 1.10 bits per heavy atom. The number of esters is 1. The minimum Gasteiger partial charge on any atom is -0.468 e. The fourth-order valence-electron chi connectivity index (χ4n) is 3.88. The van der Waals surface area contributed by atoms with Crippen LogP contribution in [0.3, 0.4) is 0 Å². The highest BCUT2D eigenvalue weighted by Gasteiger charge is 2.52. The van der Waals surface area contributed by atoms with Gasteiger partial charge in [0.25, 0.3) is 0 Å². The molecule has 1 fully saturated rings. The molecule has 0 aromatic heterocycles. The van der Waals surface area contributed by atoms with Gasteiger partial charge in [-0.3, -0.25) is 4.79 Å². The maximum atomic E-state index is 12.7. The van der Waals surface area contributed by atoms with Gasteiger partial charge in [-0.1, -0.05) is 25.1 Å². The first-order valence-corrected chi connectivity index (χ1v) is 10.9. The smallest absolute Gasteiger partial charge is 0.468 e. The van der Waals surface area contributed by atoms with Crippen molar-refractivity contribution < 1.29 is 28.3 Å². The molecule has 0 bridgehead atoms. The zero-order chi connectivity index (χ0) is 22.8. The molecule has 31 heavy (non-hydrogen) atoms. The van der Waals surface area contributed by atoms with Crippen LogP contribution >= 0.6 is 0 Å². The van der Waals surface area contributed by atoms with Crippen molar-refractivity contribution in [3.05, 3.63) is 35.9 Å². The zero-order valence-electron chi connectivity index (χ0n) is 19.6. The molecule has 0 N–H and O–H groups in total. The molecule has 1 unspecified atom stereocenters. The highest BCUT2D eigenvalue weighted by atomic mass is 16.7. The molecule has 0 aliphatic carbocycles. The Hall–Kier alpha value is -2.09. The minimum absolute atomic E-state index is 0.133. The van der Waals surface area contributed by atoms with Crippen LogP contribution in [0.1, 0.15) is 59.4 Å². The van der Waals surface area contributed by atoms with Crippen molar-refractivity contribution in [2.24, 2.45) is 0 Å². The van der Waals surface area contributed by atoms with Gasteiger partial charge in [0, 0.05) is 7.11 Å². The first-order chi connectivity index (χ1) is 14.6. The number of fused-ring (bicyclic) bond motifs is 1. The number of hydrogen-bond acceptors (Lipinski definition) is 6. The predicted octanol–water partition coefficient (Wildman–Crippen LogP) is 4.18. The van der Waals surface area contributed by atoms with E-state index >= 15 is 0 Å². The van der Waals surface area contributed by atoms with Crippen LogP contribution in [0, 0.1) is 0 Å². The topological polar surface area (TPSA) is 63.2 Å². The van der Waals surface area contributed by atoms with Gasteiger partial charge >= 0.3 is 13.1 Å². The quantitative estimate of drug-likeness (QED) is 0.357. The Bertz CT molecular complexity index is 923. The molecule has 0 saturated carbocycles. The molecule has 0 amide bonds. The van der Waals surface area contributed by atoms with Crippen molar-refractivity contribution in [1.82, 2.24) is 0 Å². The lowest BCUT2D eigenvalue weighted by atomic mass is 9.73. The van der Waals surface area contributed by atoms with Gasteiger partial charge < -0.3 is 23.5 Å². The number of rotatable bonds is 8. The van der Waals surface area contributed by atoms with Crippen LogP contribution < -0.4 is 10.2 Å². The molecule has 6 nitrogen and oxygen atoms in total. The number of carbonyl (C=O) groups excluding carboxylic acids is 1. The van der Waals surface area contributed by atoms with E-state index in [0.29, 0.717) is 18.8 Å². The number of hydrogen-bond donors (Lipinski definition) is 0. The summed E-state index contributed by atoms with van der Waals surface area (Å²) in [5, 5.41) is 1.88. The van der Waals surface area contributed by atoms with Gasteiger partial charge in [-0.15, -0.1) is 0 Å². The summed E-state index contributed by atoms with van der Waals surface area (Å²) in [7, 11) is 0.985. The van der Waals surface area contributed by atoms with Gasteiger partial charge in [0.2, 0.25) is 0 Å². The summed E-state index contributed by atoms with van der Waals surface area (Å²) < 4.78 is 28.9. The van der Waals surface area contributed by atoms with E-state index in [1.54, 1.807) is 7.11 Å². The normalized spacial score (nSPS) is 18.2. The third kappa shape index (κ3) is 4.59. The van der Waals surface area contributed by atoms with Crippen LogP contribution in [0.25, 0.3) is 10.8 Å². The van der Waals surface area contributed by atoms with Crippen molar-refractivity contribution >= 4 is 29.3 Å². The summed E-state index contributed by atoms with van der Waals surface area (Å²) >= 11 is 0. The lowest BCUT2D eigenvalue weighted by molar-refractivity contribution is -0.145. The van der Waals surface area contributed by atoms with Crippen LogP contribution in [-0.2, 0) is 23.6 Å². The molecule has 3 rings (SSSR count). The first-order valence-electron chi connectivity index (χ1n) is 10.9. The lowest BCUT2D eigenvalue weighted by Gasteiger charge is -2.32. The molecule has 7 heteroatoms. The molecule has 2 aromatic rings. The van der Waals surface area contributed by atoms with E-state index in [2.05, 4.69) is 0 Å². The predicted molar refractivity (Wildman–Crippen MR) is 122 cm³/mol. The number of benzene rings is 2. The highest BCUT2D eigenvalue weighted by molar-refractivity contribution is 6.65. The molecule has 0 spiro atoms. The molecule has 0 radical (unpaired) electrons. The standard InChI is InChI=1S/C24H33BO6/c1-8-18(22(26)28-9-2)19-12-10-11-16-13-17(29-15-27-7)14-20(21(16)19)25-30-23(3,4)24(5,6)31-25/h10-14,18H,8-9,15H2,1-7H3. The summed E-state index contributed by atoms with van der Waals surface area (Å²) in [6.45, 7) is 12.4. The summed E-state index contributed by atoms with van der Waals surface area (Å²) in [6, 6.07) is 9.81. The van der Waals surface area contributed by atoms with Gasteiger partial charge in [0.15, 0.2) is 6.79 Å². The van der Waals surface area contributed by atoms with Gasteiger partial charge in [0.05, 0.1) is 23.7 Å². The third-order valence-corrected chi connectivity index (χ3v) is 6.22. The van der Waals surface area contributed by atoms with E-state index in [1.807, 2.05) is 71.9 Å². The molecule has 1 atom stereocenters. The molecular formula is C24H33BO6. The average Bonchev–Trinajstić information content (AvgIpc) is 2.93. The maximum Gasteiger partial charge on any atom is 0.495 e. The monoisotopic (exact) mass is 428 g/mol. The third-order valence-electron chi connectivity index (χ3n) is 6.22. The van der Waals surface area contributed by atoms with Crippen LogP contribution in [0.5, 0.6) is 5.75 Å².